The van der Waals surface area contributed by atoms with Crippen molar-refractivity contribution in [2.24, 2.45) is 5.73 Å². The second-order valence-electron chi connectivity index (χ2n) is 4.62. The van der Waals surface area contributed by atoms with Crippen LogP contribution in [0.25, 0.3) is 10.9 Å². The van der Waals surface area contributed by atoms with Gasteiger partial charge < -0.3 is 11.1 Å². The molecule has 0 aliphatic rings. The number of amides is 1. The summed E-state index contributed by atoms with van der Waals surface area (Å²) in [5.74, 6) is -0.301. The molecule has 0 radical (unpaired) electrons. The van der Waals surface area contributed by atoms with E-state index in [0.717, 1.165) is 23.9 Å². The van der Waals surface area contributed by atoms with Crippen molar-refractivity contribution in [2.75, 3.05) is 6.54 Å². The number of nitrogens with one attached hydrogen (secondary N) is 1. The Morgan fingerprint density at radius 1 is 1.47 bits per heavy atom. The summed E-state index contributed by atoms with van der Waals surface area (Å²) in [5.41, 5.74) is 6.48. The van der Waals surface area contributed by atoms with Crippen LogP contribution in [0, 0.1) is 0 Å². The number of aryl methyl sites for hydroxylation is 1. The highest BCUT2D eigenvalue weighted by atomic mass is 16.1. The van der Waals surface area contributed by atoms with Crippen LogP contribution >= 0.6 is 0 Å². The first-order valence-electron chi connectivity index (χ1n) is 6.65. The van der Waals surface area contributed by atoms with Crippen molar-refractivity contribution in [3.05, 3.63) is 30.5 Å². The fourth-order valence-electron chi connectivity index (χ4n) is 2.12. The average Bonchev–Trinajstić information content (AvgIpc) is 2.82. The Labute approximate surface area is 112 Å². The minimum absolute atomic E-state index is 0.289. The normalized spacial score (nSPS) is 12.7. The lowest BCUT2D eigenvalue weighted by molar-refractivity contribution is -0.120. The molecule has 2 rings (SSSR count). The second-order valence-corrected chi connectivity index (χ2v) is 4.62. The molecule has 1 atom stereocenters. The fraction of sp³-hybridized carbons (Fsp3) is 0.429. The Kier molecular flexibility index (Phi) is 4.52. The number of benzene rings is 1. The van der Waals surface area contributed by atoms with E-state index in [1.807, 2.05) is 35.1 Å². The van der Waals surface area contributed by atoms with Crippen molar-refractivity contribution in [3.63, 3.8) is 0 Å². The van der Waals surface area contributed by atoms with Crippen LogP contribution in [-0.4, -0.2) is 28.3 Å². The van der Waals surface area contributed by atoms with Crippen LogP contribution in [0.4, 0.5) is 0 Å². The SMILES string of the molecule is CCCNC(CCn1ncc2ccccc21)C(N)=O. The summed E-state index contributed by atoms with van der Waals surface area (Å²) in [4.78, 5) is 11.4. The second kappa shape index (κ2) is 6.33. The maximum Gasteiger partial charge on any atom is 0.234 e. The van der Waals surface area contributed by atoms with Crippen LogP contribution in [-0.2, 0) is 11.3 Å². The number of nitrogens with two attached hydrogens (primary N) is 1. The molecule has 1 aromatic carbocycles. The topological polar surface area (TPSA) is 72.9 Å². The number of fused-ring (bicyclic) bond motifs is 1. The van der Waals surface area contributed by atoms with Crippen molar-refractivity contribution in [2.45, 2.75) is 32.4 Å². The van der Waals surface area contributed by atoms with E-state index in [4.69, 9.17) is 5.73 Å². The van der Waals surface area contributed by atoms with Crippen LogP contribution in [0.5, 0.6) is 0 Å². The third-order valence-electron chi connectivity index (χ3n) is 3.16. The molecule has 0 saturated carbocycles. The van der Waals surface area contributed by atoms with E-state index < -0.39 is 0 Å². The number of carbonyl (C=O) groups excluding carboxylic acids is 1. The molecule has 0 bridgehead atoms. The van der Waals surface area contributed by atoms with Crippen molar-refractivity contribution < 1.29 is 4.79 Å². The maximum absolute atomic E-state index is 11.4. The molecule has 0 aliphatic heterocycles. The molecular formula is C14H20N4O. The average molecular weight is 260 g/mol. The lowest BCUT2D eigenvalue weighted by Crippen LogP contribution is -2.42. The molecule has 0 aliphatic carbocycles. The standard InChI is InChI=1S/C14H20N4O/c1-2-8-16-12(14(15)19)7-9-18-13-6-4-3-5-11(13)10-17-18/h3-6,10,12,16H,2,7-9H2,1H3,(H2,15,19). The van der Waals surface area contributed by atoms with Gasteiger partial charge in [0.2, 0.25) is 5.91 Å². The molecule has 3 N–H and O–H groups in total. The number of nitrogens with zero attached hydrogens (tertiary/aromatic N) is 2. The number of carbonyl (C=O) groups is 1. The first kappa shape index (κ1) is 13.5. The Balaban J connectivity index is 2.02. The highest BCUT2D eigenvalue weighted by Crippen LogP contribution is 2.13. The number of rotatable bonds is 7. The molecule has 102 valence electrons. The zero-order valence-corrected chi connectivity index (χ0v) is 11.2. The van der Waals surface area contributed by atoms with Gasteiger partial charge in [-0.3, -0.25) is 9.48 Å². The summed E-state index contributed by atoms with van der Waals surface area (Å²) in [5, 5.41) is 8.62. The van der Waals surface area contributed by atoms with E-state index in [1.54, 1.807) is 0 Å². The zero-order valence-electron chi connectivity index (χ0n) is 11.2. The van der Waals surface area contributed by atoms with Gasteiger partial charge in [0, 0.05) is 11.9 Å². The van der Waals surface area contributed by atoms with Gasteiger partial charge in [0.15, 0.2) is 0 Å². The Bertz CT molecular complexity index is 549. The molecule has 0 saturated heterocycles. The number of aromatic nitrogens is 2. The molecule has 1 unspecified atom stereocenters. The van der Waals surface area contributed by atoms with Crippen LogP contribution < -0.4 is 11.1 Å². The fourth-order valence-corrected chi connectivity index (χ4v) is 2.12. The van der Waals surface area contributed by atoms with E-state index in [9.17, 15) is 4.79 Å². The van der Waals surface area contributed by atoms with Gasteiger partial charge in [0.1, 0.15) is 0 Å². The van der Waals surface area contributed by atoms with Gasteiger partial charge in [-0.15, -0.1) is 0 Å². The van der Waals surface area contributed by atoms with Crippen LogP contribution in [0.3, 0.4) is 0 Å². The molecule has 2 aromatic rings. The van der Waals surface area contributed by atoms with E-state index >= 15 is 0 Å². The third-order valence-corrected chi connectivity index (χ3v) is 3.16. The van der Waals surface area contributed by atoms with Crippen LogP contribution in [0.1, 0.15) is 19.8 Å². The summed E-state index contributed by atoms with van der Waals surface area (Å²) in [6.45, 7) is 3.54. The van der Waals surface area contributed by atoms with Gasteiger partial charge in [-0.2, -0.15) is 5.10 Å². The minimum atomic E-state index is -0.301. The van der Waals surface area contributed by atoms with E-state index in [-0.39, 0.29) is 11.9 Å². The van der Waals surface area contributed by atoms with Crippen molar-refractivity contribution in [1.29, 1.82) is 0 Å². The first-order valence-corrected chi connectivity index (χ1v) is 6.65. The summed E-state index contributed by atoms with van der Waals surface area (Å²) in [6, 6.07) is 7.74. The molecule has 1 heterocycles. The molecule has 5 heteroatoms. The van der Waals surface area contributed by atoms with Gasteiger partial charge >= 0.3 is 0 Å². The van der Waals surface area contributed by atoms with Gasteiger partial charge in [0.25, 0.3) is 0 Å². The third kappa shape index (κ3) is 3.32. The largest absolute Gasteiger partial charge is 0.368 e. The minimum Gasteiger partial charge on any atom is -0.368 e. The summed E-state index contributed by atoms with van der Waals surface area (Å²) in [7, 11) is 0. The zero-order chi connectivity index (χ0) is 13.7. The molecule has 1 amide bonds. The molecule has 5 nitrogen and oxygen atoms in total. The molecular weight excluding hydrogens is 240 g/mol. The number of hydrogen-bond donors (Lipinski definition) is 2. The van der Waals surface area contributed by atoms with Gasteiger partial charge in [-0.1, -0.05) is 25.1 Å². The van der Waals surface area contributed by atoms with Crippen LogP contribution in [0.15, 0.2) is 30.5 Å². The van der Waals surface area contributed by atoms with Crippen molar-refractivity contribution in [1.82, 2.24) is 15.1 Å². The van der Waals surface area contributed by atoms with Crippen LogP contribution in [0.2, 0.25) is 0 Å². The number of hydrogen-bond acceptors (Lipinski definition) is 3. The smallest absolute Gasteiger partial charge is 0.234 e. The molecule has 0 spiro atoms. The lowest BCUT2D eigenvalue weighted by Gasteiger charge is -2.15. The Morgan fingerprint density at radius 3 is 3.00 bits per heavy atom. The summed E-state index contributed by atoms with van der Waals surface area (Å²) >= 11 is 0. The Hall–Kier alpha value is -1.88. The molecule has 19 heavy (non-hydrogen) atoms. The highest BCUT2D eigenvalue weighted by Gasteiger charge is 2.14. The molecule has 0 fully saturated rings. The predicted octanol–water partition coefficient (Wildman–Crippen LogP) is 1.28. The van der Waals surface area contributed by atoms with Gasteiger partial charge in [0.05, 0.1) is 17.8 Å². The quantitative estimate of drug-likeness (QED) is 0.787. The van der Waals surface area contributed by atoms with Crippen molar-refractivity contribution in [3.8, 4) is 0 Å². The summed E-state index contributed by atoms with van der Waals surface area (Å²) < 4.78 is 1.92. The van der Waals surface area contributed by atoms with Crippen molar-refractivity contribution >= 4 is 16.8 Å². The van der Waals surface area contributed by atoms with E-state index in [0.29, 0.717) is 13.0 Å². The van der Waals surface area contributed by atoms with Gasteiger partial charge in [-0.25, -0.2) is 0 Å². The van der Waals surface area contributed by atoms with E-state index in [2.05, 4.69) is 17.3 Å². The highest BCUT2D eigenvalue weighted by molar-refractivity contribution is 5.80. The summed E-state index contributed by atoms with van der Waals surface area (Å²) in [6.07, 6.45) is 3.48. The lowest BCUT2D eigenvalue weighted by atomic mass is 10.2. The predicted molar refractivity (Wildman–Crippen MR) is 75.6 cm³/mol. The number of para-hydroxylation sites is 1. The first-order chi connectivity index (χ1) is 9.22. The number of primary amides is 1. The van der Waals surface area contributed by atoms with E-state index in [1.165, 1.54) is 0 Å². The van der Waals surface area contributed by atoms with Gasteiger partial charge in [-0.05, 0) is 25.5 Å². The Morgan fingerprint density at radius 2 is 2.26 bits per heavy atom. The monoisotopic (exact) mass is 260 g/mol. The molecule has 1 aromatic heterocycles. The maximum atomic E-state index is 11.4.